The standard InChI is InChI=1S/C6H6N2OS/c9-3-5-4-10-6-7-1-2-8(5)6/h1-3,5H,4H2. The van der Waals surface area contributed by atoms with Gasteiger partial charge in [-0.1, -0.05) is 11.8 Å². The smallest absolute Gasteiger partial charge is 0.168 e. The lowest BCUT2D eigenvalue weighted by atomic mass is 10.4. The van der Waals surface area contributed by atoms with Crippen molar-refractivity contribution in [1.29, 1.82) is 0 Å². The topological polar surface area (TPSA) is 34.9 Å². The Balaban J connectivity index is 2.43. The van der Waals surface area contributed by atoms with Crippen molar-refractivity contribution in [3.63, 3.8) is 0 Å². The predicted octanol–water partition coefficient (Wildman–Crippen LogP) is 0.729. The van der Waals surface area contributed by atoms with Crippen LogP contribution in [0.15, 0.2) is 17.6 Å². The summed E-state index contributed by atoms with van der Waals surface area (Å²) >= 11 is 1.63. The fourth-order valence-electron chi connectivity index (χ4n) is 1.01. The molecule has 10 heavy (non-hydrogen) atoms. The number of carbonyl (C=O) groups excluding carboxylic acids is 1. The second-order valence-corrected chi connectivity index (χ2v) is 3.12. The Morgan fingerprint density at radius 3 is 3.60 bits per heavy atom. The van der Waals surface area contributed by atoms with Crippen molar-refractivity contribution in [1.82, 2.24) is 9.55 Å². The summed E-state index contributed by atoms with van der Waals surface area (Å²) in [6.45, 7) is 0. The van der Waals surface area contributed by atoms with Crippen LogP contribution in [0.3, 0.4) is 0 Å². The lowest BCUT2D eigenvalue weighted by molar-refractivity contribution is -0.110. The molecule has 0 fully saturated rings. The molecule has 2 rings (SSSR count). The van der Waals surface area contributed by atoms with E-state index in [9.17, 15) is 4.79 Å². The number of carbonyl (C=O) groups is 1. The van der Waals surface area contributed by atoms with E-state index in [0.717, 1.165) is 17.2 Å². The molecule has 0 aliphatic carbocycles. The van der Waals surface area contributed by atoms with Gasteiger partial charge in [-0.25, -0.2) is 4.98 Å². The first-order valence-corrected chi connectivity index (χ1v) is 4.01. The molecule has 0 bridgehead atoms. The van der Waals surface area contributed by atoms with E-state index in [1.807, 2.05) is 10.8 Å². The van der Waals surface area contributed by atoms with Gasteiger partial charge in [-0.05, 0) is 0 Å². The van der Waals surface area contributed by atoms with E-state index < -0.39 is 0 Å². The lowest BCUT2D eigenvalue weighted by Crippen LogP contribution is -2.05. The fourth-order valence-corrected chi connectivity index (χ4v) is 2.05. The van der Waals surface area contributed by atoms with Gasteiger partial charge in [-0.15, -0.1) is 0 Å². The summed E-state index contributed by atoms with van der Waals surface area (Å²) in [6, 6.07) is 0.0162. The number of nitrogens with zero attached hydrogens (tertiary/aromatic N) is 2. The Bertz CT molecular complexity index is 258. The second-order valence-electron chi connectivity index (χ2n) is 2.13. The van der Waals surface area contributed by atoms with Crippen molar-refractivity contribution in [2.45, 2.75) is 11.2 Å². The van der Waals surface area contributed by atoms with Gasteiger partial charge in [0.1, 0.15) is 12.3 Å². The molecule has 0 saturated carbocycles. The Hall–Kier alpha value is -0.770. The summed E-state index contributed by atoms with van der Waals surface area (Å²) in [5, 5.41) is 0.956. The van der Waals surface area contributed by atoms with E-state index in [0.29, 0.717) is 0 Å². The summed E-state index contributed by atoms with van der Waals surface area (Å²) < 4.78 is 1.90. The minimum Gasteiger partial charge on any atom is -0.315 e. The van der Waals surface area contributed by atoms with Gasteiger partial charge in [-0.2, -0.15) is 0 Å². The summed E-state index contributed by atoms with van der Waals surface area (Å²) in [7, 11) is 0. The first-order valence-electron chi connectivity index (χ1n) is 3.03. The van der Waals surface area contributed by atoms with Crippen LogP contribution in [0.5, 0.6) is 0 Å². The number of rotatable bonds is 1. The first kappa shape index (κ1) is 5.97. The molecule has 1 unspecified atom stereocenters. The minimum atomic E-state index is 0.0162. The molecule has 0 spiro atoms. The van der Waals surface area contributed by atoms with Crippen molar-refractivity contribution < 1.29 is 4.79 Å². The van der Waals surface area contributed by atoms with Crippen molar-refractivity contribution >= 4 is 18.0 Å². The molecular formula is C6H6N2OS. The third-order valence-corrected chi connectivity index (χ3v) is 2.61. The van der Waals surface area contributed by atoms with Crippen LogP contribution >= 0.6 is 11.8 Å². The number of hydrogen-bond acceptors (Lipinski definition) is 3. The van der Waals surface area contributed by atoms with Crippen LogP contribution in [0.2, 0.25) is 0 Å². The molecule has 0 saturated heterocycles. The van der Waals surface area contributed by atoms with Crippen LogP contribution < -0.4 is 0 Å². The maximum atomic E-state index is 10.4. The Labute approximate surface area is 62.4 Å². The lowest BCUT2D eigenvalue weighted by Gasteiger charge is -1.99. The average Bonchev–Trinajstić information content (AvgIpc) is 2.44. The molecule has 0 amide bonds. The maximum Gasteiger partial charge on any atom is 0.168 e. The molecule has 1 aliphatic rings. The van der Waals surface area contributed by atoms with Gasteiger partial charge >= 0.3 is 0 Å². The zero-order chi connectivity index (χ0) is 6.97. The van der Waals surface area contributed by atoms with E-state index in [1.54, 1.807) is 18.0 Å². The molecule has 4 heteroatoms. The van der Waals surface area contributed by atoms with Crippen molar-refractivity contribution in [3.05, 3.63) is 12.4 Å². The highest BCUT2D eigenvalue weighted by Gasteiger charge is 2.21. The number of aldehydes is 1. The quantitative estimate of drug-likeness (QED) is 0.559. The molecule has 1 atom stereocenters. The third kappa shape index (κ3) is 0.686. The van der Waals surface area contributed by atoms with Crippen LogP contribution in [0.1, 0.15) is 6.04 Å². The SMILES string of the molecule is O=CC1CSc2nccn21. The summed E-state index contributed by atoms with van der Waals surface area (Å²) in [4.78, 5) is 14.5. The summed E-state index contributed by atoms with van der Waals surface area (Å²) in [6.07, 6.45) is 4.53. The van der Waals surface area contributed by atoms with E-state index >= 15 is 0 Å². The highest BCUT2D eigenvalue weighted by molar-refractivity contribution is 7.99. The van der Waals surface area contributed by atoms with Crippen LogP contribution in [-0.4, -0.2) is 21.6 Å². The minimum absolute atomic E-state index is 0.0162. The Kier molecular flexibility index (Phi) is 1.27. The Morgan fingerprint density at radius 2 is 2.80 bits per heavy atom. The second kappa shape index (κ2) is 2.12. The molecule has 0 aromatic carbocycles. The van der Waals surface area contributed by atoms with Crippen LogP contribution in [0.25, 0.3) is 0 Å². The molecule has 0 radical (unpaired) electrons. The van der Waals surface area contributed by atoms with E-state index in [-0.39, 0.29) is 6.04 Å². The molecule has 2 heterocycles. The van der Waals surface area contributed by atoms with E-state index in [1.165, 1.54) is 0 Å². The van der Waals surface area contributed by atoms with Crippen LogP contribution in [-0.2, 0) is 4.79 Å². The predicted molar refractivity (Wildman–Crippen MR) is 38.1 cm³/mol. The van der Waals surface area contributed by atoms with Gasteiger partial charge in [0.15, 0.2) is 5.16 Å². The van der Waals surface area contributed by atoms with Crippen LogP contribution in [0, 0.1) is 0 Å². The normalized spacial score (nSPS) is 22.6. The van der Waals surface area contributed by atoms with Gasteiger partial charge in [0.05, 0.1) is 0 Å². The van der Waals surface area contributed by atoms with Gasteiger partial charge in [-0.3, -0.25) is 0 Å². The third-order valence-electron chi connectivity index (χ3n) is 1.53. The van der Waals surface area contributed by atoms with Gasteiger partial charge in [0.25, 0.3) is 0 Å². The van der Waals surface area contributed by atoms with Crippen LogP contribution in [0.4, 0.5) is 0 Å². The Morgan fingerprint density at radius 1 is 1.90 bits per heavy atom. The monoisotopic (exact) mass is 154 g/mol. The molecule has 52 valence electrons. The van der Waals surface area contributed by atoms with Crippen molar-refractivity contribution in [2.24, 2.45) is 0 Å². The molecule has 1 aromatic rings. The first-order chi connectivity index (χ1) is 4.92. The molecule has 1 aromatic heterocycles. The van der Waals surface area contributed by atoms with Crippen molar-refractivity contribution in [3.8, 4) is 0 Å². The highest BCUT2D eigenvalue weighted by Crippen LogP contribution is 2.29. The molecule has 1 aliphatic heterocycles. The average molecular weight is 154 g/mol. The van der Waals surface area contributed by atoms with Crippen molar-refractivity contribution in [2.75, 3.05) is 5.75 Å². The maximum absolute atomic E-state index is 10.4. The van der Waals surface area contributed by atoms with E-state index in [2.05, 4.69) is 4.98 Å². The number of imidazole rings is 1. The number of fused-ring (bicyclic) bond motifs is 1. The molecule has 0 N–H and O–H groups in total. The zero-order valence-corrected chi connectivity index (χ0v) is 6.04. The zero-order valence-electron chi connectivity index (χ0n) is 5.23. The number of aromatic nitrogens is 2. The van der Waals surface area contributed by atoms with Gasteiger partial charge in [0, 0.05) is 18.1 Å². The summed E-state index contributed by atoms with van der Waals surface area (Å²) in [5.74, 6) is 0.840. The summed E-state index contributed by atoms with van der Waals surface area (Å²) in [5.41, 5.74) is 0. The molecule has 3 nitrogen and oxygen atoms in total. The highest BCUT2D eigenvalue weighted by atomic mass is 32.2. The van der Waals surface area contributed by atoms with E-state index in [4.69, 9.17) is 0 Å². The largest absolute Gasteiger partial charge is 0.315 e. The fraction of sp³-hybridized carbons (Fsp3) is 0.333. The molecular weight excluding hydrogens is 148 g/mol. The van der Waals surface area contributed by atoms with Gasteiger partial charge in [0.2, 0.25) is 0 Å². The number of hydrogen-bond donors (Lipinski definition) is 0. The number of thioether (sulfide) groups is 1. The van der Waals surface area contributed by atoms with Gasteiger partial charge < -0.3 is 9.36 Å².